The minimum absolute atomic E-state index is 0.0411. The van der Waals surface area contributed by atoms with Gasteiger partial charge in [-0.2, -0.15) is 0 Å². The smallest absolute Gasteiger partial charge is 0.200 e. The van der Waals surface area contributed by atoms with Crippen LogP contribution in [0.1, 0.15) is 29.0 Å². The molecule has 170 valence electrons. The second-order valence-corrected chi connectivity index (χ2v) is 8.21. The molecule has 5 rings (SSSR count). The summed E-state index contributed by atoms with van der Waals surface area (Å²) in [4.78, 5) is 13.6. The van der Waals surface area contributed by atoms with E-state index < -0.39 is 28.7 Å². The van der Waals surface area contributed by atoms with E-state index in [-0.39, 0.29) is 23.5 Å². The van der Waals surface area contributed by atoms with Crippen LogP contribution in [0.25, 0.3) is 0 Å². The van der Waals surface area contributed by atoms with Crippen molar-refractivity contribution in [3.63, 3.8) is 0 Å². The maximum atomic E-state index is 14.2. The van der Waals surface area contributed by atoms with Gasteiger partial charge in [0.05, 0.1) is 26.9 Å². The van der Waals surface area contributed by atoms with Crippen molar-refractivity contribution in [3.05, 3.63) is 83.2 Å². The normalized spacial score (nSPS) is 25.2. The molecule has 0 bridgehead atoms. The first kappa shape index (κ1) is 21.3. The number of fused-ring (bicyclic) bond motifs is 3. The van der Waals surface area contributed by atoms with Gasteiger partial charge in [0.15, 0.2) is 17.0 Å². The summed E-state index contributed by atoms with van der Waals surface area (Å²) < 4.78 is 37.0. The summed E-state index contributed by atoms with van der Waals surface area (Å²) >= 11 is 0. The molecule has 3 aromatic carbocycles. The Morgan fingerprint density at radius 2 is 1.70 bits per heavy atom. The van der Waals surface area contributed by atoms with Gasteiger partial charge in [0.25, 0.3) is 0 Å². The molecule has 3 aromatic rings. The zero-order valence-electron chi connectivity index (χ0n) is 18.4. The molecule has 1 aliphatic carbocycles. The van der Waals surface area contributed by atoms with Gasteiger partial charge in [-0.1, -0.05) is 24.3 Å². The minimum atomic E-state index is -2.06. The number of benzene rings is 3. The Balaban J connectivity index is 1.82. The van der Waals surface area contributed by atoms with E-state index in [9.17, 15) is 14.3 Å². The Labute approximate surface area is 190 Å². The largest absolute Gasteiger partial charge is 0.497 e. The number of hydrogen-bond acceptors (Lipinski definition) is 6. The highest BCUT2D eigenvalue weighted by molar-refractivity contribution is 5.97. The van der Waals surface area contributed by atoms with Crippen molar-refractivity contribution in [2.75, 3.05) is 21.3 Å². The van der Waals surface area contributed by atoms with Gasteiger partial charge in [-0.05, 0) is 29.8 Å². The first-order valence-corrected chi connectivity index (χ1v) is 10.5. The van der Waals surface area contributed by atoms with E-state index in [1.807, 2.05) is 0 Å². The van der Waals surface area contributed by atoms with Gasteiger partial charge in [-0.3, -0.25) is 4.79 Å². The van der Waals surface area contributed by atoms with Gasteiger partial charge in [0.1, 0.15) is 28.8 Å². The Morgan fingerprint density at radius 3 is 2.33 bits per heavy atom. The lowest BCUT2D eigenvalue weighted by atomic mass is 9.71. The molecule has 0 radical (unpaired) electrons. The van der Waals surface area contributed by atoms with Crippen molar-refractivity contribution < 1.29 is 33.2 Å². The number of hydrogen-bond donors (Lipinski definition) is 1. The van der Waals surface area contributed by atoms with Crippen molar-refractivity contribution in [1.82, 2.24) is 0 Å². The van der Waals surface area contributed by atoms with Gasteiger partial charge < -0.3 is 24.1 Å². The molecule has 1 N–H and O–H groups in total. The second kappa shape index (κ2) is 7.49. The third-order valence-electron chi connectivity index (χ3n) is 6.72. The van der Waals surface area contributed by atoms with E-state index >= 15 is 0 Å². The molecular weight excluding hydrogens is 427 g/mol. The molecule has 6 nitrogen and oxygen atoms in total. The SMILES string of the molecule is COc1ccc(C23Oc4cc(OC)cc(OC)c4C2(O)C(=O)CC3c2cccc(F)c2)cc1. The fourth-order valence-corrected chi connectivity index (χ4v) is 5.24. The van der Waals surface area contributed by atoms with Crippen LogP contribution in [0.15, 0.2) is 60.7 Å². The lowest BCUT2D eigenvalue weighted by Gasteiger charge is -2.39. The Hall–Kier alpha value is -3.58. The maximum Gasteiger partial charge on any atom is 0.200 e. The second-order valence-electron chi connectivity index (χ2n) is 8.21. The highest BCUT2D eigenvalue weighted by Crippen LogP contribution is 2.67. The number of ketones is 1. The van der Waals surface area contributed by atoms with Crippen molar-refractivity contribution in [2.24, 2.45) is 0 Å². The number of methoxy groups -OCH3 is 3. The summed E-state index contributed by atoms with van der Waals surface area (Å²) in [6, 6.07) is 16.2. The predicted octanol–water partition coefficient (Wildman–Crippen LogP) is 4.08. The molecule has 2 aliphatic rings. The van der Waals surface area contributed by atoms with Crippen LogP contribution in [0.5, 0.6) is 23.0 Å². The Morgan fingerprint density at radius 1 is 0.970 bits per heavy atom. The molecule has 0 amide bonds. The predicted molar refractivity (Wildman–Crippen MR) is 118 cm³/mol. The molecular formula is C26H23FO6. The lowest BCUT2D eigenvalue weighted by molar-refractivity contribution is -0.151. The number of carbonyl (C=O) groups is 1. The Bertz CT molecular complexity index is 1240. The number of ether oxygens (including phenoxy) is 4. The lowest BCUT2D eigenvalue weighted by Crippen LogP contribution is -2.50. The van der Waals surface area contributed by atoms with Gasteiger partial charge in [-0.25, -0.2) is 4.39 Å². The average Bonchev–Trinajstić information content (AvgIpc) is 3.23. The molecule has 7 heteroatoms. The van der Waals surface area contributed by atoms with Crippen molar-refractivity contribution in [1.29, 1.82) is 0 Å². The average molecular weight is 450 g/mol. The maximum absolute atomic E-state index is 14.2. The molecule has 3 unspecified atom stereocenters. The summed E-state index contributed by atoms with van der Waals surface area (Å²) in [5.74, 6) is 0.0790. The van der Waals surface area contributed by atoms with Gasteiger partial charge in [0.2, 0.25) is 0 Å². The minimum Gasteiger partial charge on any atom is -0.497 e. The van der Waals surface area contributed by atoms with Crippen LogP contribution in [-0.2, 0) is 16.0 Å². The number of aliphatic hydroxyl groups is 1. The molecule has 1 saturated carbocycles. The zero-order chi connectivity index (χ0) is 23.4. The topological polar surface area (TPSA) is 74.2 Å². The zero-order valence-corrected chi connectivity index (χ0v) is 18.4. The summed E-state index contributed by atoms with van der Waals surface area (Å²) in [5, 5.41) is 12.2. The molecule has 1 heterocycles. The van der Waals surface area contributed by atoms with Crippen LogP contribution in [-0.4, -0.2) is 32.2 Å². The van der Waals surface area contributed by atoms with E-state index in [2.05, 4.69) is 0 Å². The third-order valence-corrected chi connectivity index (χ3v) is 6.72. The van der Waals surface area contributed by atoms with Crippen molar-refractivity contribution >= 4 is 5.78 Å². The van der Waals surface area contributed by atoms with E-state index in [1.165, 1.54) is 26.4 Å². The highest BCUT2D eigenvalue weighted by Gasteiger charge is 2.74. The summed E-state index contributed by atoms with van der Waals surface area (Å²) in [6.45, 7) is 0. The van der Waals surface area contributed by atoms with Crippen LogP contribution in [0.2, 0.25) is 0 Å². The van der Waals surface area contributed by atoms with Crippen LogP contribution >= 0.6 is 0 Å². The summed E-state index contributed by atoms with van der Waals surface area (Å²) in [5.41, 5.74) is -2.26. The number of carbonyl (C=O) groups excluding carboxylic acids is 1. The van der Waals surface area contributed by atoms with Gasteiger partial charge >= 0.3 is 0 Å². The third kappa shape index (κ3) is 2.78. The van der Waals surface area contributed by atoms with Crippen LogP contribution in [0.3, 0.4) is 0 Å². The van der Waals surface area contributed by atoms with Gasteiger partial charge in [-0.15, -0.1) is 0 Å². The van der Waals surface area contributed by atoms with Crippen LogP contribution < -0.4 is 18.9 Å². The van der Waals surface area contributed by atoms with Crippen LogP contribution in [0, 0.1) is 5.82 Å². The van der Waals surface area contributed by atoms with Crippen molar-refractivity contribution in [2.45, 2.75) is 23.5 Å². The highest BCUT2D eigenvalue weighted by atomic mass is 19.1. The molecule has 1 aliphatic heterocycles. The molecule has 0 spiro atoms. The van der Waals surface area contributed by atoms with E-state index in [0.717, 1.165) is 0 Å². The van der Waals surface area contributed by atoms with E-state index in [1.54, 1.807) is 55.6 Å². The quantitative estimate of drug-likeness (QED) is 0.632. The number of halogens is 1. The molecule has 0 saturated heterocycles. The molecule has 0 aromatic heterocycles. The Kier molecular flexibility index (Phi) is 4.83. The number of Topliss-reactive ketones (excluding diaryl/α,β-unsaturated/α-hetero) is 1. The summed E-state index contributed by atoms with van der Waals surface area (Å²) in [7, 11) is 4.51. The standard InChI is InChI=1S/C26H23FO6/c1-30-18-9-7-16(8-10-18)26-20(15-5-4-6-17(27)11-15)14-23(28)25(26,29)24-21(32-3)12-19(31-2)13-22(24)33-26/h4-13,20,29H,14H2,1-3H3. The fraction of sp³-hybridized carbons (Fsp3) is 0.269. The van der Waals surface area contributed by atoms with E-state index in [0.29, 0.717) is 22.6 Å². The fourth-order valence-electron chi connectivity index (χ4n) is 5.24. The summed E-state index contributed by atoms with van der Waals surface area (Å²) in [6.07, 6.45) is -0.0411. The molecule has 3 atom stereocenters. The molecule has 1 fully saturated rings. The van der Waals surface area contributed by atoms with Crippen molar-refractivity contribution in [3.8, 4) is 23.0 Å². The van der Waals surface area contributed by atoms with Gasteiger partial charge in [0, 0.05) is 30.0 Å². The first-order valence-electron chi connectivity index (χ1n) is 10.5. The van der Waals surface area contributed by atoms with Crippen LogP contribution in [0.4, 0.5) is 4.39 Å². The monoisotopic (exact) mass is 450 g/mol. The number of rotatable bonds is 5. The first-order chi connectivity index (χ1) is 15.9. The van der Waals surface area contributed by atoms with E-state index in [4.69, 9.17) is 18.9 Å². The molecule has 33 heavy (non-hydrogen) atoms.